The molecule has 1 aliphatic heterocycles. The van der Waals surface area contributed by atoms with Crippen LogP contribution in [0, 0.1) is 0 Å². The van der Waals surface area contributed by atoms with Gasteiger partial charge in [-0.1, -0.05) is 0 Å². The van der Waals surface area contributed by atoms with Gasteiger partial charge in [-0.2, -0.15) is 0 Å². The number of aliphatic carboxylic acids is 3. The van der Waals surface area contributed by atoms with E-state index >= 15 is 0 Å². The lowest BCUT2D eigenvalue weighted by atomic mass is 9.96. The van der Waals surface area contributed by atoms with Crippen molar-refractivity contribution >= 4 is 17.9 Å². The minimum absolute atomic E-state index is 0.298. The Labute approximate surface area is 124 Å². The van der Waals surface area contributed by atoms with Crippen molar-refractivity contribution in [2.45, 2.75) is 49.5 Å². The fourth-order valence-corrected chi connectivity index (χ4v) is 2.01. The lowest BCUT2D eigenvalue weighted by Gasteiger charge is -2.40. The minimum Gasteiger partial charge on any atom is -0.481 e. The van der Waals surface area contributed by atoms with Gasteiger partial charge in [-0.3, -0.25) is 14.9 Å². The molecule has 1 heterocycles. The second kappa shape index (κ2) is 7.47. The Kier molecular flexibility index (Phi) is 6.20. The Balaban J connectivity index is 2.81. The van der Waals surface area contributed by atoms with Crippen molar-refractivity contribution in [3.8, 4) is 0 Å². The number of hydrogen-bond acceptors (Lipinski definition) is 8. The number of carbonyl (C=O) groups is 3. The van der Waals surface area contributed by atoms with E-state index in [9.17, 15) is 24.6 Å². The third-order valence-electron chi connectivity index (χ3n) is 3.25. The van der Waals surface area contributed by atoms with Gasteiger partial charge in [0.25, 0.3) is 0 Å². The molecule has 1 saturated heterocycles. The van der Waals surface area contributed by atoms with Gasteiger partial charge in [-0.25, -0.2) is 4.79 Å². The zero-order valence-electron chi connectivity index (χ0n) is 11.3. The van der Waals surface area contributed by atoms with Crippen LogP contribution in [-0.4, -0.2) is 80.1 Å². The predicted molar refractivity (Wildman–Crippen MR) is 67.7 cm³/mol. The quantitative estimate of drug-likeness (QED) is 0.248. The van der Waals surface area contributed by atoms with Crippen molar-refractivity contribution < 1.29 is 44.7 Å². The van der Waals surface area contributed by atoms with Crippen LogP contribution in [0.2, 0.25) is 0 Å². The molecule has 1 rings (SSSR count). The summed E-state index contributed by atoms with van der Waals surface area (Å²) in [6.45, 7) is 0. The third-order valence-corrected chi connectivity index (χ3v) is 3.25. The maximum absolute atomic E-state index is 11.1. The Morgan fingerprint density at radius 2 is 1.73 bits per heavy atom. The molecule has 11 heteroatoms. The van der Waals surface area contributed by atoms with Crippen LogP contribution < -0.4 is 11.1 Å². The molecule has 0 spiro atoms. The van der Waals surface area contributed by atoms with Gasteiger partial charge in [-0.15, -0.1) is 0 Å². The highest BCUT2D eigenvalue weighted by Crippen LogP contribution is 2.19. The number of nitrogens with one attached hydrogen (secondary N) is 1. The number of aliphatic hydroxyl groups excluding tert-OH is 2. The first-order valence-corrected chi connectivity index (χ1v) is 6.35. The molecular weight excluding hydrogens is 304 g/mol. The van der Waals surface area contributed by atoms with Crippen LogP contribution in [0.1, 0.15) is 12.8 Å². The average Bonchev–Trinajstić information content (AvgIpc) is 2.42. The Bertz CT molecular complexity index is 443. The summed E-state index contributed by atoms with van der Waals surface area (Å²) in [5, 5.41) is 48.1. The second-order valence-corrected chi connectivity index (χ2v) is 4.86. The number of carboxylic acid groups (broad SMARTS) is 3. The largest absolute Gasteiger partial charge is 0.481 e. The highest BCUT2D eigenvalue weighted by Gasteiger charge is 2.46. The van der Waals surface area contributed by atoms with Crippen LogP contribution in [0.25, 0.3) is 0 Å². The van der Waals surface area contributed by atoms with Gasteiger partial charge in [0, 0.05) is 6.42 Å². The van der Waals surface area contributed by atoms with Gasteiger partial charge in [0.1, 0.15) is 24.5 Å². The van der Waals surface area contributed by atoms with E-state index in [0.717, 1.165) is 0 Å². The van der Waals surface area contributed by atoms with E-state index in [1.54, 1.807) is 0 Å². The molecule has 1 aliphatic rings. The topological polar surface area (TPSA) is 200 Å². The SMILES string of the molecule is N[C@H]1C(N[C@@H](CCC(=O)O)C(=O)O)O[C@H](C(=O)O)[C@@H](O)[C@@H]1O. The lowest BCUT2D eigenvalue weighted by Crippen LogP contribution is -2.67. The maximum atomic E-state index is 11.1. The van der Waals surface area contributed by atoms with Crippen molar-refractivity contribution in [2.24, 2.45) is 5.73 Å². The van der Waals surface area contributed by atoms with Crippen LogP contribution in [0.5, 0.6) is 0 Å². The summed E-state index contributed by atoms with van der Waals surface area (Å²) in [4.78, 5) is 32.5. The third kappa shape index (κ3) is 4.35. The summed E-state index contributed by atoms with van der Waals surface area (Å²) in [6, 6.07) is -2.67. The fourth-order valence-electron chi connectivity index (χ4n) is 2.01. The van der Waals surface area contributed by atoms with Crippen molar-refractivity contribution in [2.75, 3.05) is 0 Å². The van der Waals surface area contributed by atoms with Crippen LogP contribution in [0.3, 0.4) is 0 Å². The van der Waals surface area contributed by atoms with Gasteiger partial charge >= 0.3 is 17.9 Å². The molecule has 22 heavy (non-hydrogen) atoms. The molecule has 0 bridgehead atoms. The molecule has 0 aromatic heterocycles. The van der Waals surface area contributed by atoms with Crippen molar-refractivity contribution in [3.63, 3.8) is 0 Å². The van der Waals surface area contributed by atoms with Crippen molar-refractivity contribution in [3.05, 3.63) is 0 Å². The van der Waals surface area contributed by atoms with E-state index in [0.29, 0.717) is 0 Å². The van der Waals surface area contributed by atoms with E-state index in [4.69, 9.17) is 25.8 Å². The fraction of sp³-hybridized carbons (Fsp3) is 0.727. The minimum atomic E-state index is -1.79. The molecule has 0 amide bonds. The summed E-state index contributed by atoms with van der Waals surface area (Å²) in [5.74, 6) is -4.15. The zero-order valence-corrected chi connectivity index (χ0v) is 11.3. The summed E-state index contributed by atoms with van der Waals surface area (Å²) >= 11 is 0. The molecule has 1 unspecified atom stereocenters. The van der Waals surface area contributed by atoms with E-state index in [1.165, 1.54) is 0 Å². The average molecular weight is 322 g/mol. The van der Waals surface area contributed by atoms with E-state index in [2.05, 4.69) is 5.32 Å². The molecule has 1 fully saturated rings. The van der Waals surface area contributed by atoms with Crippen LogP contribution in [0.15, 0.2) is 0 Å². The summed E-state index contributed by atoms with van der Waals surface area (Å²) in [7, 11) is 0. The molecule has 0 radical (unpaired) electrons. The molecule has 8 N–H and O–H groups in total. The second-order valence-electron chi connectivity index (χ2n) is 4.86. The smallest absolute Gasteiger partial charge is 0.335 e. The summed E-state index contributed by atoms with van der Waals surface area (Å²) < 4.78 is 4.97. The molecule has 0 aromatic carbocycles. The van der Waals surface area contributed by atoms with Crippen LogP contribution >= 0.6 is 0 Å². The molecular formula is C11H18N2O9. The van der Waals surface area contributed by atoms with E-state index in [-0.39, 0.29) is 6.42 Å². The predicted octanol–water partition coefficient (Wildman–Crippen LogP) is -3.25. The van der Waals surface area contributed by atoms with Gasteiger partial charge < -0.3 is 36.0 Å². The Morgan fingerprint density at radius 3 is 2.18 bits per heavy atom. The van der Waals surface area contributed by atoms with Gasteiger partial charge in [0.05, 0.1) is 6.04 Å². The molecule has 0 aliphatic carbocycles. The standard InChI is InChI=1S/C11H18N2O9/c12-5-6(16)7(17)8(11(20)21)22-9(5)13-3(10(18)19)1-2-4(14)15/h3,5-9,13,16-17H,1-2,12H2,(H,14,15)(H,18,19)(H,20,21)/t3-,5+,6+,7-,8-,9?/m0/s1. The van der Waals surface area contributed by atoms with Crippen LogP contribution in [0.4, 0.5) is 0 Å². The first-order valence-electron chi connectivity index (χ1n) is 6.35. The zero-order chi connectivity index (χ0) is 17.0. The highest BCUT2D eigenvalue weighted by atomic mass is 16.6. The molecule has 126 valence electrons. The van der Waals surface area contributed by atoms with E-state index in [1.807, 2.05) is 0 Å². The molecule has 6 atom stereocenters. The number of aliphatic hydroxyl groups is 2. The normalized spacial score (nSPS) is 33.1. The Morgan fingerprint density at radius 1 is 1.14 bits per heavy atom. The number of hydrogen-bond donors (Lipinski definition) is 7. The number of rotatable bonds is 7. The number of ether oxygens (including phenoxy) is 1. The molecule has 11 nitrogen and oxygen atoms in total. The van der Waals surface area contributed by atoms with Crippen molar-refractivity contribution in [1.29, 1.82) is 0 Å². The van der Waals surface area contributed by atoms with Gasteiger partial charge in [0.2, 0.25) is 0 Å². The maximum Gasteiger partial charge on any atom is 0.335 e. The monoisotopic (exact) mass is 322 g/mol. The number of nitrogens with two attached hydrogens (primary N) is 1. The highest BCUT2D eigenvalue weighted by molar-refractivity contribution is 5.75. The lowest BCUT2D eigenvalue weighted by molar-refractivity contribution is -0.205. The molecule has 0 aromatic rings. The van der Waals surface area contributed by atoms with Gasteiger partial charge in [-0.05, 0) is 6.42 Å². The first kappa shape index (κ1) is 18.3. The van der Waals surface area contributed by atoms with Gasteiger partial charge in [0.15, 0.2) is 6.10 Å². The van der Waals surface area contributed by atoms with E-state index < -0.39 is 61.0 Å². The van der Waals surface area contributed by atoms with Crippen molar-refractivity contribution in [1.82, 2.24) is 5.32 Å². The number of carboxylic acids is 3. The Hall–Kier alpha value is -1.79. The first-order chi connectivity index (χ1) is 10.1. The van der Waals surface area contributed by atoms with Crippen LogP contribution in [-0.2, 0) is 19.1 Å². The molecule has 0 saturated carbocycles. The summed E-state index contributed by atoms with van der Waals surface area (Å²) in [5.41, 5.74) is 5.58. The summed E-state index contributed by atoms with van der Waals surface area (Å²) in [6.07, 6.45) is -7.34.